The van der Waals surface area contributed by atoms with Gasteiger partial charge in [-0.1, -0.05) is 0 Å². The topological polar surface area (TPSA) is 85.1 Å². The van der Waals surface area contributed by atoms with E-state index >= 15 is 0 Å². The van der Waals surface area contributed by atoms with Gasteiger partial charge in [-0.25, -0.2) is 4.98 Å². The number of rotatable bonds is 3. The normalized spacial score (nSPS) is 21.9. The maximum atomic E-state index is 12.0. The van der Waals surface area contributed by atoms with Crippen LogP contribution in [0.3, 0.4) is 0 Å². The van der Waals surface area contributed by atoms with E-state index in [1.807, 2.05) is 0 Å². The van der Waals surface area contributed by atoms with Crippen LogP contribution in [0.2, 0.25) is 0 Å². The van der Waals surface area contributed by atoms with Crippen molar-refractivity contribution in [2.45, 2.75) is 16.7 Å². The number of aromatic nitrogens is 1. The van der Waals surface area contributed by atoms with Crippen LogP contribution < -0.4 is 5.32 Å². The van der Waals surface area contributed by atoms with Crippen LogP contribution in [-0.4, -0.2) is 32.5 Å². The average molecular weight is 241 g/mol. The molecule has 1 N–H and O–H groups in total. The zero-order chi connectivity index (χ0) is 11.5. The van der Waals surface area contributed by atoms with E-state index < -0.39 is 15.7 Å². The molecule has 1 saturated heterocycles. The summed E-state index contributed by atoms with van der Waals surface area (Å²) in [4.78, 5) is 13.8. The summed E-state index contributed by atoms with van der Waals surface area (Å²) in [5, 5.41) is 14.0. The summed E-state index contributed by atoms with van der Waals surface area (Å²) in [5.74, 6) is 0. The average Bonchev–Trinajstić information content (AvgIpc) is 2.81. The Bertz CT molecular complexity index is 415. The van der Waals surface area contributed by atoms with Crippen molar-refractivity contribution in [3.05, 3.63) is 28.4 Å². The van der Waals surface area contributed by atoms with Gasteiger partial charge in [0.05, 0.1) is 21.0 Å². The zero-order valence-corrected chi connectivity index (χ0v) is 9.27. The Morgan fingerprint density at radius 1 is 1.56 bits per heavy atom. The summed E-state index contributed by atoms with van der Waals surface area (Å²) in [5.41, 5.74) is -0.0784. The molecule has 0 spiro atoms. The van der Waals surface area contributed by atoms with E-state index in [-0.39, 0.29) is 10.9 Å². The first-order valence-electron chi connectivity index (χ1n) is 4.90. The van der Waals surface area contributed by atoms with Crippen LogP contribution in [0.4, 0.5) is 5.69 Å². The lowest BCUT2D eigenvalue weighted by molar-refractivity contribution is -0.385. The molecule has 0 amide bonds. The molecule has 86 valence electrons. The summed E-state index contributed by atoms with van der Waals surface area (Å²) in [6.45, 7) is 1.58. The molecule has 2 heterocycles. The number of nitrogens with one attached hydrogen (secondary N) is 1. The Balaban J connectivity index is 2.14. The molecule has 0 aromatic carbocycles. The summed E-state index contributed by atoms with van der Waals surface area (Å²) in [7, 11) is -1.18. The van der Waals surface area contributed by atoms with Crippen LogP contribution in [0.5, 0.6) is 0 Å². The third-order valence-electron chi connectivity index (χ3n) is 2.46. The van der Waals surface area contributed by atoms with Crippen LogP contribution in [0.1, 0.15) is 6.42 Å². The van der Waals surface area contributed by atoms with Crippen molar-refractivity contribution in [2.75, 3.05) is 13.1 Å². The molecule has 1 aliphatic rings. The lowest BCUT2D eigenvalue weighted by Gasteiger charge is -2.06. The molecule has 1 aromatic heterocycles. The molecule has 0 saturated carbocycles. The third-order valence-corrected chi connectivity index (χ3v) is 4.12. The van der Waals surface area contributed by atoms with Crippen LogP contribution in [-0.2, 0) is 10.8 Å². The molecule has 1 fully saturated rings. The van der Waals surface area contributed by atoms with Crippen molar-refractivity contribution < 1.29 is 9.13 Å². The lowest BCUT2D eigenvalue weighted by atomic mass is 10.4. The lowest BCUT2D eigenvalue weighted by Crippen LogP contribution is -2.19. The van der Waals surface area contributed by atoms with Crippen LogP contribution in [0.25, 0.3) is 0 Å². The molecule has 2 atom stereocenters. The molecule has 7 heteroatoms. The number of nitrogens with zero attached hydrogens (tertiary/aromatic N) is 2. The standard InChI is InChI=1S/C9H11N3O3S/c13-12(14)7-1-2-9(11-5-7)16(15)8-3-4-10-6-8/h1-2,5,8,10H,3-4,6H2/t8-,16-/m1/s1. The molecule has 1 aromatic rings. The van der Waals surface area contributed by atoms with Crippen molar-refractivity contribution in [2.24, 2.45) is 0 Å². The Morgan fingerprint density at radius 3 is 2.88 bits per heavy atom. The molecule has 2 rings (SSSR count). The minimum Gasteiger partial charge on any atom is -0.315 e. The quantitative estimate of drug-likeness (QED) is 0.613. The highest BCUT2D eigenvalue weighted by molar-refractivity contribution is 7.85. The first-order valence-corrected chi connectivity index (χ1v) is 6.11. The second-order valence-corrected chi connectivity index (χ2v) is 5.20. The smallest absolute Gasteiger partial charge is 0.287 e. The summed E-state index contributed by atoms with van der Waals surface area (Å²) >= 11 is 0. The third kappa shape index (κ3) is 2.25. The van der Waals surface area contributed by atoms with E-state index in [2.05, 4.69) is 10.3 Å². The molecule has 6 nitrogen and oxygen atoms in total. The van der Waals surface area contributed by atoms with E-state index in [9.17, 15) is 14.3 Å². The molecule has 0 aliphatic carbocycles. The number of pyridine rings is 1. The van der Waals surface area contributed by atoms with Crippen molar-refractivity contribution in [3.8, 4) is 0 Å². The van der Waals surface area contributed by atoms with Gasteiger partial charge < -0.3 is 5.32 Å². The van der Waals surface area contributed by atoms with Crippen molar-refractivity contribution >= 4 is 16.5 Å². The molecule has 0 radical (unpaired) electrons. The highest BCUT2D eigenvalue weighted by atomic mass is 32.2. The van der Waals surface area contributed by atoms with Gasteiger partial charge in [-0.2, -0.15) is 0 Å². The fourth-order valence-corrected chi connectivity index (χ4v) is 2.88. The summed E-state index contributed by atoms with van der Waals surface area (Å²) < 4.78 is 12.0. The minimum absolute atomic E-state index is 0.0638. The van der Waals surface area contributed by atoms with Gasteiger partial charge in [0.25, 0.3) is 5.69 Å². The first-order chi connectivity index (χ1) is 7.68. The largest absolute Gasteiger partial charge is 0.315 e. The number of hydrogen-bond acceptors (Lipinski definition) is 5. The highest BCUT2D eigenvalue weighted by Crippen LogP contribution is 2.16. The van der Waals surface area contributed by atoms with Gasteiger partial charge in [0.2, 0.25) is 0 Å². The monoisotopic (exact) mass is 241 g/mol. The first kappa shape index (κ1) is 11.2. The Morgan fingerprint density at radius 2 is 2.38 bits per heavy atom. The Kier molecular flexibility index (Phi) is 3.25. The second-order valence-electron chi connectivity index (χ2n) is 3.52. The van der Waals surface area contributed by atoms with Crippen LogP contribution in [0.15, 0.2) is 23.4 Å². The Labute approximate surface area is 94.7 Å². The van der Waals surface area contributed by atoms with Gasteiger partial charge in [-0.05, 0) is 19.0 Å². The second kappa shape index (κ2) is 4.67. The van der Waals surface area contributed by atoms with Crippen molar-refractivity contribution in [3.63, 3.8) is 0 Å². The predicted octanol–water partition coefficient (Wildman–Crippen LogP) is 0.459. The van der Waals surface area contributed by atoms with E-state index in [1.165, 1.54) is 12.1 Å². The highest BCUT2D eigenvalue weighted by Gasteiger charge is 2.23. The van der Waals surface area contributed by atoms with Crippen LogP contribution in [0, 0.1) is 10.1 Å². The van der Waals surface area contributed by atoms with E-state index in [0.29, 0.717) is 11.6 Å². The summed E-state index contributed by atoms with van der Waals surface area (Å²) in [6.07, 6.45) is 2.00. The van der Waals surface area contributed by atoms with E-state index in [0.717, 1.165) is 19.2 Å². The molecule has 16 heavy (non-hydrogen) atoms. The van der Waals surface area contributed by atoms with E-state index in [1.54, 1.807) is 0 Å². The predicted molar refractivity (Wildman–Crippen MR) is 58.6 cm³/mol. The number of nitro groups is 1. The Hall–Kier alpha value is -1.34. The van der Waals surface area contributed by atoms with Gasteiger partial charge in [-0.15, -0.1) is 0 Å². The van der Waals surface area contributed by atoms with Gasteiger partial charge >= 0.3 is 0 Å². The zero-order valence-electron chi connectivity index (χ0n) is 8.46. The van der Waals surface area contributed by atoms with Gasteiger partial charge in [0.15, 0.2) is 0 Å². The summed E-state index contributed by atoms with van der Waals surface area (Å²) in [6, 6.07) is 2.80. The molecular weight excluding hydrogens is 230 g/mol. The molecule has 1 aliphatic heterocycles. The number of hydrogen-bond donors (Lipinski definition) is 1. The van der Waals surface area contributed by atoms with Crippen molar-refractivity contribution in [1.29, 1.82) is 0 Å². The fourth-order valence-electron chi connectivity index (χ4n) is 1.58. The SMILES string of the molecule is O=[N+]([O-])c1ccc([S@](=O)[C@@H]2CCNC2)nc1. The van der Waals surface area contributed by atoms with Gasteiger partial charge in [-0.3, -0.25) is 14.3 Å². The molecular formula is C9H11N3O3S. The van der Waals surface area contributed by atoms with Crippen LogP contribution >= 0.6 is 0 Å². The molecule has 0 bridgehead atoms. The minimum atomic E-state index is -1.18. The maximum Gasteiger partial charge on any atom is 0.287 e. The fraction of sp³-hybridized carbons (Fsp3) is 0.444. The van der Waals surface area contributed by atoms with Gasteiger partial charge in [0.1, 0.15) is 11.2 Å². The maximum absolute atomic E-state index is 12.0. The van der Waals surface area contributed by atoms with E-state index in [4.69, 9.17) is 0 Å². The van der Waals surface area contributed by atoms with Gasteiger partial charge in [0, 0.05) is 12.6 Å². The molecule has 0 unspecified atom stereocenters. The van der Waals surface area contributed by atoms with Crippen molar-refractivity contribution in [1.82, 2.24) is 10.3 Å².